The monoisotopic (exact) mass is 288 g/mol. The minimum atomic E-state index is -0.00116. The molecule has 0 radical (unpaired) electrons. The van der Waals surface area contributed by atoms with Crippen molar-refractivity contribution in [2.24, 2.45) is 5.92 Å². The molecule has 114 valence electrons. The highest BCUT2D eigenvalue weighted by Gasteiger charge is 2.35. The summed E-state index contributed by atoms with van der Waals surface area (Å²) < 4.78 is 5.22. The second-order valence-corrected chi connectivity index (χ2v) is 6.32. The van der Waals surface area contributed by atoms with E-state index in [0.717, 1.165) is 43.8 Å². The maximum absolute atomic E-state index is 12.9. The van der Waals surface area contributed by atoms with Crippen LogP contribution in [0.2, 0.25) is 0 Å². The average Bonchev–Trinajstić information content (AvgIpc) is 2.94. The van der Waals surface area contributed by atoms with E-state index in [1.165, 1.54) is 0 Å². The Hall–Kier alpha value is -1.55. The summed E-state index contributed by atoms with van der Waals surface area (Å²) in [7, 11) is 1.73. The third kappa shape index (κ3) is 2.91. The van der Waals surface area contributed by atoms with Gasteiger partial charge in [0.1, 0.15) is 0 Å². The maximum atomic E-state index is 12.9. The van der Waals surface area contributed by atoms with Crippen molar-refractivity contribution in [3.05, 3.63) is 29.8 Å². The fraction of sp³-hybridized carbons (Fsp3) is 0.588. The molecule has 0 spiro atoms. The molecule has 0 aromatic heterocycles. The fourth-order valence-electron chi connectivity index (χ4n) is 3.60. The first kappa shape index (κ1) is 14.4. The zero-order chi connectivity index (χ0) is 14.8. The molecule has 0 saturated carbocycles. The maximum Gasteiger partial charge on any atom is 0.230 e. The quantitative estimate of drug-likeness (QED) is 0.929. The highest BCUT2D eigenvalue weighted by Crippen LogP contribution is 2.36. The van der Waals surface area contributed by atoms with E-state index in [0.29, 0.717) is 12.0 Å². The van der Waals surface area contributed by atoms with Crippen LogP contribution in [-0.4, -0.2) is 43.7 Å². The number of methoxy groups -OCH3 is 1. The predicted octanol–water partition coefficient (Wildman–Crippen LogP) is 2.47. The number of rotatable bonds is 3. The molecule has 1 N–H and O–H groups in total. The molecule has 1 aromatic carbocycles. The zero-order valence-electron chi connectivity index (χ0n) is 12.8. The molecule has 2 aliphatic heterocycles. The van der Waals surface area contributed by atoms with Gasteiger partial charge in [0, 0.05) is 37.8 Å². The van der Waals surface area contributed by atoms with E-state index in [1.54, 1.807) is 7.11 Å². The second-order valence-electron chi connectivity index (χ2n) is 6.32. The number of amides is 1. The van der Waals surface area contributed by atoms with Crippen LogP contribution in [0.15, 0.2) is 24.3 Å². The second kappa shape index (κ2) is 6.06. The fourth-order valence-corrected chi connectivity index (χ4v) is 3.60. The largest absolute Gasteiger partial charge is 0.384 e. The van der Waals surface area contributed by atoms with Crippen LogP contribution < -0.4 is 5.32 Å². The Kier molecular flexibility index (Phi) is 4.15. The Bertz CT molecular complexity index is 517. The Balaban J connectivity index is 1.76. The normalized spacial score (nSPS) is 28.1. The summed E-state index contributed by atoms with van der Waals surface area (Å²) >= 11 is 0. The number of para-hydroxylation sites is 1. The molecular weight excluding hydrogens is 264 g/mol. The van der Waals surface area contributed by atoms with Gasteiger partial charge in [-0.2, -0.15) is 0 Å². The molecule has 4 heteroatoms. The van der Waals surface area contributed by atoms with Gasteiger partial charge in [-0.25, -0.2) is 0 Å². The van der Waals surface area contributed by atoms with Gasteiger partial charge in [0.25, 0.3) is 0 Å². The number of fused-ring (bicyclic) bond motifs is 1. The molecule has 3 unspecified atom stereocenters. The topological polar surface area (TPSA) is 41.6 Å². The number of ether oxygens (including phenoxy) is 1. The van der Waals surface area contributed by atoms with Gasteiger partial charge in [-0.05, 0) is 31.4 Å². The molecule has 1 amide bonds. The van der Waals surface area contributed by atoms with Crippen molar-refractivity contribution in [3.8, 4) is 0 Å². The lowest BCUT2D eigenvalue weighted by Gasteiger charge is -2.33. The number of nitrogens with zero attached hydrogens (tertiary/aromatic N) is 1. The van der Waals surface area contributed by atoms with Crippen LogP contribution in [0.1, 0.15) is 31.2 Å². The molecule has 4 nitrogen and oxygen atoms in total. The third-order valence-corrected chi connectivity index (χ3v) is 4.63. The lowest BCUT2D eigenvalue weighted by molar-refractivity contribution is -0.132. The zero-order valence-corrected chi connectivity index (χ0v) is 12.8. The molecule has 3 rings (SSSR count). The highest BCUT2D eigenvalue weighted by atomic mass is 16.5. The van der Waals surface area contributed by atoms with Crippen molar-refractivity contribution in [2.45, 2.75) is 31.7 Å². The molecule has 2 aliphatic rings. The summed E-state index contributed by atoms with van der Waals surface area (Å²) in [4.78, 5) is 14.9. The number of carbonyl (C=O) groups is 1. The van der Waals surface area contributed by atoms with Crippen molar-refractivity contribution >= 4 is 11.6 Å². The standard InChI is InChI=1S/C17H24N2O2/c1-12-9-15(14-5-3-4-6-16(14)18-12)17(20)19-8-7-13(10-19)11-21-2/h3-6,12-13,15,18H,7-11H2,1-2H3. The summed E-state index contributed by atoms with van der Waals surface area (Å²) in [5.41, 5.74) is 2.26. The summed E-state index contributed by atoms with van der Waals surface area (Å²) in [6.07, 6.45) is 1.93. The third-order valence-electron chi connectivity index (χ3n) is 4.63. The number of nitrogens with one attached hydrogen (secondary N) is 1. The summed E-state index contributed by atoms with van der Waals surface area (Å²) in [5, 5.41) is 3.47. The van der Waals surface area contributed by atoms with E-state index in [1.807, 2.05) is 17.0 Å². The van der Waals surface area contributed by atoms with E-state index in [4.69, 9.17) is 4.74 Å². The summed E-state index contributed by atoms with van der Waals surface area (Å²) in [5.74, 6) is 0.779. The van der Waals surface area contributed by atoms with Crippen LogP contribution >= 0.6 is 0 Å². The van der Waals surface area contributed by atoms with Crippen molar-refractivity contribution in [1.29, 1.82) is 0 Å². The lowest BCUT2D eigenvalue weighted by atomic mass is 9.86. The van der Waals surface area contributed by atoms with E-state index < -0.39 is 0 Å². The van der Waals surface area contributed by atoms with Gasteiger partial charge >= 0.3 is 0 Å². The molecule has 2 heterocycles. The van der Waals surface area contributed by atoms with Crippen LogP contribution in [0.4, 0.5) is 5.69 Å². The van der Waals surface area contributed by atoms with Crippen LogP contribution in [0.5, 0.6) is 0 Å². The summed E-state index contributed by atoms with van der Waals surface area (Å²) in [6, 6.07) is 8.54. The molecule has 0 bridgehead atoms. The Labute approximate surface area is 126 Å². The summed E-state index contributed by atoms with van der Waals surface area (Å²) in [6.45, 7) is 4.61. The van der Waals surface area contributed by atoms with Crippen LogP contribution in [-0.2, 0) is 9.53 Å². The highest BCUT2D eigenvalue weighted by molar-refractivity contribution is 5.86. The first-order valence-electron chi connectivity index (χ1n) is 7.82. The van der Waals surface area contributed by atoms with Crippen LogP contribution in [0.3, 0.4) is 0 Å². The van der Waals surface area contributed by atoms with Crippen molar-refractivity contribution < 1.29 is 9.53 Å². The van der Waals surface area contributed by atoms with Gasteiger partial charge in [0.15, 0.2) is 0 Å². The van der Waals surface area contributed by atoms with Gasteiger partial charge < -0.3 is 15.0 Å². The van der Waals surface area contributed by atoms with Gasteiger partial charge in [-0.15, -0.1) is 0 Å². The average molecular weight is 288 g/mol. The predicted molar refractivity (Wildman–Crippen MR) is 83.4 cm³/mol. The first-order valence-corrected chi connectivity index (χ1v) is 7.82. The van der Waals surface area contributed by atoms with Gasteiger partial charge in [0.05, 0.1) is 12.5 Å². The lowest BCUT2D eigenvalue weighted by Crippen LogP contribution is -2.38. The van der Waals surface area contributed by atoms with Gasteiger partial charge in [0.2, 0.25) is 5.91 Å². The number of benzene rings is 1. The minimum absolute atomic E-state index is 0.00116. The van der Waals surface area contributed by atoms with Crippen molar-refractivity contribution in [1.82, 2.24) is 4.90 Å². The molecule has 1 fully saturated rings. The molecule has 1 saturated heterocycles. The number of anilines is 1. The Morgan fingerprint density at radius 1 is 1.43 bits per heavy atom. The molecule has 21 heavy (non-hydrogen) atoms. The number of likely N-dealkylation sites (tertiary alicyclic amines) is 1. The van der Waals surface area contributed by atoms with Crippen molar-refractivity contribution in [2.75, 3.05) is 32.1 Å². The molecule has 3 atom stereocenters. The number of hydrogen-bond donors (Lipinski definition) is 1. The van der Waals surface area contributed by atoms with E-state index >= 15 is 0 Å². The first-order chi connectivity index (χ1) is 10.2. The molecular formula is C17H24N2O2. The van der Waals surface area contributed by atoms with Crippen molar-refractivity contribution in [3.63, 3.8) is 0 Å². The molecule has 0 aliphatic carbocycles. The number of hydrogen-bond acceptors (Lipinski definition) is 3. The van der Waals surface area contributed by atoms with Gasteiger partial charge in [-0.3, -0.25) is 4.79 Å². The van der Waals surface area contributed by atoms with E-state index in [2.05, 4.69) is 24.4 Å². The molecule has 1 aromatic rings. The Morgan fingerprint density at radius 2 is 2.24 bits per heavy atom. The number of carbonyl (C=O) groups excluding carboxylic acids is 1. The minimum Gasteiger partial charge on any atom is -0.384 e. The van der Waals surface area contributed by atoms with Crippen LogP contribution in [0, 0.1) is 5.92 Å². The van der Waals surface area contributed by atoms with Gasteiger partial charge in [-0.1, -0.05) is 18.2 Å². The smallest absolute Gasteiger partial charge is 0.230 e. The Morgan fingerprint density at radius 3 is 3.05 bits per heavy atom. The van der Waals surface area contributed by atoms with Crippen LogP contribution in [0.25, 0.3) is 0 Å². The SMILES string of the molecule is COCC1CCN(C(=O)C2CC(C)Nc3ccccc32)C1. The van der Waals surface area contributed by atoms with E-state index in [9.17, 15) is 4.79 Å². The van der Waals surface area contributed by atoms with E-state index in [-0.39, 0.29) is 11.8 Å².